The molecule has 0 amide bonds. The maximum Gasteiger partial charge on any atom is 0.187 e. The van der Waals surface area contributed by atoms with E-state index in [1.165, 1.54) is 0 Å². The quantitative estimate of drug-likeness (QED) is 0.117. The molecule has 0 aliphatic carbocycles. The van der Waals surface area contributed by atoms with E-state index in [9.17, 15) is 61.3 Å². The summed E-state index contributed by atoms with van der Waals surface area (Å²) in [5.74, 6) is 0. The van der Waals surface area contributed by atoms with E-state index in [-0.39, 0.29) is 114 Å². The fraction of sp³-hybridized carbons (Fsp3) is 1.00. The Morgan fingerprint density at radius 3 is 0.403 bits per heavy atom. The second-order valence-electron chi connectivity index (χ2n) is 17.5. The van der Waals surface area contributed by atoms with Gasteiger partial charge in [-0.25, -0.2) is 0 Å². The molecule has 22 aliphatic heterocycles. The summed E-state index contributed by atoms with van der Waals surface area (Å²) in [6.07, 6.45) is -49.0. The largest absolute Gasteiger partial charge is 1.00 e. The first-order valence-corrected chi connectivity index (χ1v) is 22.2. The molecule has 30 atom stereocenters. The first-order valence-electron chi connectivity index (χ1n) is 22.2. The van der Waals surface area contributed by atoms with Crippen LogP contribution in [0.3, 0.4) is 0 Å². The van der Waals surface area contributed by atoms with Crippen LogP contribution in [0.1, 0.15) is 0 Å². The molecule has 30 N–H and O–H groups in total. The third kappa shape index (κ3) is 13.9. The highest BCUT2D eigenvalue weighted by atomic mass is 35.5. The van der Waals surface area contributed by atoms with Crippen LogP contribution in [-0.2, 0) is 56.8 Å². The van der Waals surface area contributed by atoms with E-state index < -0.39 is 184 Å². The number of hydrogen-bond acceptors (Lipinski definition) is 24. The van der Waals surface area contributed by atoms with Gasteiger partial charge in [0.15, 0.2) is 37.7 Å². The number of quaternary nitrogens is 6. The lowest BCUT2D eigenvalue weighted by Crippen LogP contribution is -3.00. The van der Waals surface area contributed by atoms with Crippen LogP contribution in [0.15, 0.2) is 0 Å². The van der Waals surface area contributed by atoms with E-state index in [1.54, 1.807) is 0 Å². The van der Waals surface area contributed by atoms with Gasteiger partial charge in [0.2, 0.25) is 0 Å². The number of ether oxygens (including phenoxy) is 12. The average Bonchev–Trinajstić information content (AvgIpc) is 3.31. The molecule has 0 saturated carbocycles. The van der Waals surface area contributed by atoms with Crippen molar-refractivity contribution in [2.45, 2.75) is 184 Å². The first kappa shape index (κ1) is 70.6. The van der Waals surface area contributed by atoms with Gasteiger partial charge in [0.1, 0.15) is 186 Å². The summed E-state index contributed by atoms with van der Waals surface area (Å²) in [5, 5.41) is 136. The highest BCUT2D eigenvalue weighted by Crippen LogP contribution is 2.37. The lowest BCUT2D eigenvalue weighted by molar-refractivity contribution is -0.459. The van der Waals surface area contributed by atoms with Crippen LogP contribution < -0.4 is 109 Å². The van der Waals surface area contributed by atoms with E-state index in [0.29, 0.717) is 0 Å². The Morgan fingerprint density at radius 1 is 0.194 bits per heavy atom. The highest BCUT2D eigenvalue weighted by molar-refractivity contribution is 5.00. The summed E-state index contributed by atoms with van der Waals surface area (Å²) in [5.41, 5.74) is 23.0. The standard InChI is InChI=1S/C36H66N6O24.6ClH/c37-1-7-25-13(43)19(49)31(55-7)62-26-8(2-38)57-33(21(51)15(26)45)64-28-10(4-40)59-35(23(53)17(28)47)66-30-12(6-42)60-36(24(54)18(30)48)65-29-11(5-41)58-34(22(52)16(29)46)63-27-9(3-39)56-32(61-25)20(50)14(27)44;;;;;;/h7-36,43-54H,1-6,37-42H2;6*1H/t7-,8-,9-,10-,11-,12-,13-,14-,15-,16-,17-,18-,19-,20-,21-,22-,23-,24-,25-,26-,27-,28-,29-,30-,31-,32-,33-,34-,35-,36-;;;;;;/m1....../s1. The monoisotopic (exact) mass is 1180 g/mol. The average molecular weight is 1190 g/mol. The van der Waals surface area contributed by atoms with Crippen LogP contribution in [0.2, 0.25) is 0 Å². The molecule has 22 aliphatic rings. The van der Waals surface area contributed by atoms with Gasteiger partial charge in [-0.05, 0) is 0 Å². The molecule has 22 saturated heterocycles. The summed E-state index contributed by atoms with van der Waals surface area (Å²) < 4.78 is 71.6. The molecular weight excluding hydrogens is 1110 g/mol. The molecule has 36 heteroatoms. The summed E-state index contributed by atoms with van der Waals surface area (Å²) >= 11 is 0. The van der Waals surface area contributed by atoms with Crippen LogP contribution in [0.4, 0.5) is 0 Å². The van der Waals surface area contributed by atoms with E-state index in [0.717, 1.165) is 0 Å². The predicted molar refractivity (Wildman–Crippen MR) is 200 cm³/mol. The molecule has 0 radical (unpaired) electrons. The SMILES string of the molecule is [Cl-].[Cl-].[Cl-].[Cl-].[Cl-].[Cl-].[NH3+]C[C@H]1O[C@@H]2O[C@H]3[C@H](O)[C@@H](O)[C@@H](O[C@H]4[C@H](O)[C@@H](O)[C@@H](O[C@H]5[C@H](O)[C@@H](O)[C@@H](O[C@H]6[C@H](O)[C@@H](O)[C@@H](O[C@H]7[C@H](O)[C@@H](O)[C@@H](O[C@H]1[C@H](O)[C@H]2O)O[C@@H]7C[NH3+])O[C@@H]6C[NH3+])O[C@@H]5C[NH3+])O[C@@H]4C[NH3+])O[C@@H]3C[NH3+]. The fourth-order valence-corrected chi connectivity index (χ4v) is 9.44. The molecule has 12 bridgehead atoms. The molecule has 0 aromatic heterocycles. The van der Waals surface area contributed by atoms with Crippen LogP contribution >= 0.6 is 0 Å². The predicted octanol–water partition coefficient (Wildman–Crippen LogP) is -35.5. The smallest absolute Gasteiger partial charge is 0.187 e. The number of aliphatic hydroxyl groups excluding tert-OH is 12. The molecule has 30 nitrogen and oxygen atoms in total. The molecule has 22 rings (SSSR count). The van der Waals surface area contributed by atoms with E-state index >= 15 is 0 Å². The molecule has 432 valence electrons. The minimum absolute atomic E-state index is 0. The van der Waals surface area contributed by atoms with Gasteiger partial charge in [-0.15, -0.1) is 0 Å². The fourth-order valence-electron chi connectivity index (χ4n) is 9.44. The van der Waals surface area contributed by atoms with Gasteiger partial charge in [-0.2, -0.15) is 0 Å². The van der Waals surface area contributed by atoms with Gasteiger partial charge < -0.3 is 227 Å². The zero-order valence-corrected chi connectivity index (χ0v) is 42.9. The molecule has 0 unspecified atom stereocenters. The molecule has 22 fully saturated rings. The molecule has 0 aromatic rings. The van der Waals surface area contributed by atoms with Crippen LogP contribution in [0.25, 0.3) is 0 Å². The number of hydrogen-bond donors (Lipinski definition) is 18. The van der Waals surface area contributed by atoms with Crippen LogP contribution in [-0.4, -0.2) is 285 Å². The molecular formula is C36H72Cl6N6O24. The topological polar surface area (TPSA) is 519 Å². The molecule has 0 spiro atoms. The van der Waals surface area contributed by atoms with E-state index in [1.807, 2.05) is 0 Å². The molecule has 72 heavy (non-hydrogen) atoms. The molecule has 0 aromatic carbocycles. The van der Waals surface area contributed by atoms with Crippen molar-refractivity contribution in [2.75, 3.05) is 39.3 Å². The maximum atomic E-state index is 11.4. The normalized spacial score (nSPS) is 50.8. The van der Waals surface area contributed by atoms with Crippen molar-refractivity contribution in [3.63, 3.8) is 0 Å². The Labute approximate surface area is 448 Å². The van der Waals surface area contributed by atoms with Crippen molar-refractivity contribution in [3.8, 4) is 0 Å². The summed E-state index contributed by atoms with van der Waals surface area (Å²) in [4.78, 5) is 0. The Kier molecular flexibility index (Phi) is 29.6. The minimum Gasteiger partial charge on any atom is -1.00 e. The van der Waals surface area contributed by atoms with Crippen LogP contribution in [0, 0.1) is 0 Å². The van der Waals surface area contributed by atoms with Crippen molar-refractivity contribution in [1.29, 1.82) is 0 Å². The van der Waals surface area contributed by atoms with Crippen molar-refractivity contribution in [1.82, 2.24) is 0 Å². The van der Waals surface area contributed by atoms with Crippen molar-refractivity contribution >= 4 is 0 Å². The Hall–Kier alpha value is 0.540. The zero-order valence-electron chi connectivity index (χ0n) is 38.3. The van der Waals surface area contributed by atoms with Gasteiger partial charge in [0, 0.05) is 0 Å². The Bertz CT molecular complexity index is 1280. The van der Waals surface area contributed by atoms with Gasteiger partial charge in [-0.1, -0.05) is 0 Å². The number of halogens is 6. The molecule has 22 heterocycles. The summed E-state index contributed by atoms with van der Waals surface area (Å²) in [6.45, 7) is -0.815. The third-order valence-electron chi connectivity index (χ3n) is 13.3. The Morgan fingerprint density at radius 2 is 0.306 bits per heavy atom. The summed E-state index contributed by atoms with van der Waals surface area (Å²) in [7, 11) is 0. The van der Waals surface area contributed by atoms with E-state index in [4.69, 9.17) is 56.8 Å². The highest BCUT2D eigenvalue weighted by Gasteiger charge is 2.59. The minimum atomic E-state index is -1.92. The van der Waals surface area contributed by atoms with Crippen molar-refractivity contribution in [2.24, 2.45) is 0 Å². The van der Waals surface area contributed by atoms with Gasteiger partial charge in [0.25, 0.3) is 0 Å². The van der Waals surface area contributed by atoms with Gasteiger partial charge >= 0.3 is 0 Å². The lowest BCUT2D eigenvalue weighted by atomic mass is 9.94. The number of aliphatic hydroxyl groups is 12. The zero-order chi connectivity index (χ0) is 48.0. The summed E-state index contributed by atoms with van der Waals surface area (Å²) in [6, 6.07) is 0. The van der Waals surface area contributed by atoms with Gasteiger partial charge in [0.05, 0.1) is 0 Å². The second kappa shape index (κ2) is 30.2. The third-order valence-corrected chi connectivity index (χ3v) is 13.3. The maximum absolute atomic E-state index is 11.4. The first-order chi connectivity index (χ1) is 31.4. The van der Waals surface area contributed by atoms with Crippen molar-refractivity contribution in [3.05, 3.63) is 0 Å². The second-order valence-corrected chi connectivity index (χ2v) is 17.5. The lowest BCUT2D eigenvalue weighted by Gasteiger charge is -2.50. The Balaban J connectivity index is 0.00000432. The van der Waals surface area contributed by atoms with E-state index in [2.05, 4.69) is 34.4 Å². The van der Waals surface area contributed by atoms with Gasteiger partial charge in [-0.3, -0.25) is 0 Å². The van der Waals surface area contributed by atoms with Crippen molar-refractivity contribution < 1.29 is 227 Å². The number of rotatable bonds is 6. The van der Waals surface area contributed by atoms with Crippen LogP contribution in [0.5, 0.6) is 0 Å².